The maximum absolute atomic E-state index is 12.4. The normalized spacial score (nSPS) is 13.5. The van der Waals surface area contributed by atoms with Crippen LogP contribution < -0.4 is 5.32 Å². The summed E-state index contributed by atoms with van der Waals surface area (Å²) in [7, 11) is 0. The van der Waals surface area contributed by atoms with Crippen molar-refractivity contribution in [1.29, 1.82) is 0 Å². The Labute approximate surface area is 144 Å². The van der Waals surface area contributed by atoms with Crippen LogP contribution in [0, 0.1) is 5.92 Å². The zero-order valence-electron chi connectivity index (χ0n) is 14.9. The number of esters is 1. The SMILES string of the molecule is CCOC(=O)[C@@](/C=C/C(C)C)(CC)NC(=O)OCc1ccccc1. The van der Waals surface area contributed by atoms with Gasteiger partial charge in [0.1, 0.15) is 6.61 Å². The molecule has 0 aliphatic heterocycles. The Morgan fingerprint density at radius 1 is 1.17 bits per heavy atom. The molecule has 0 saturated carbocycles. The maximum Gasteiger partial charge on any atom is 0.408 e. The van der Waals surface area contributed by atoms with Gasteiger partial charge in [0.2, 0.25) is 0 Å². The van der Waals surface area contributed by atoms with Gasteiger partial charge in [-0.2, -0.15) is 0 Å². The second-order valence-electron chi connectivity index (χ2n) is 5.84. The zero-order chi connectivity index (χ0) is 18.0. The number of carbonyl (C=O) groups excluding carboxylic acids is 2. The van der Waals surface area contributed by atoms with Crippen molar-refractivity contribution < 1.29 is 19.1 Å². The molecule has 1 rings (SSSR count). The van der Waals surface area contributed by atoms with Crippen molar-refractivity contribution in [1.82, 2.24) is 5.32 Å². The van der Waals surface area contributed by atoms with Crippen molar-refractivity contribution in [3.8, 4) is 0 Å². The molecule has 0 bridgehead atoms. The van der Waals surface area contributed by atoms with Gasteiger partial charge in [-0.3, -0.25) is 0 Å². The van der Waals surface area contributed by atoms with E-state index in [-0.39, 0.29) is 19.1 Å². The summed E-state index contributed by atoms with van der Waals surface area (Å²) in [5.74, 6) is -0.242. The number of hydrogen-bond acceptors (Lipinski definition) is 4. The lowest BCUT2D eigenvalue weighted by molar-refractivity contribution is -0.149. The summed E-state index contributed by atoms with van der Waals surface area (Å²) in [6.07, 6.45) is 3.29. The predicted octanol–water partition coefficient (Wildman–Crippen LogP) is 3.84. The van der Waals surface area contributed by atoms with Crippen LogP contribution in [-0.2, 0) is 20.9 Å². The molecule has 1 aromatic rings. The van der Waals surface area contributed by atoms with Crippen molar-refractivity contribution in [2.75, 3.05) is 6.61 Å². The number of allylic oxidation sites excluding steroid dienone is 1. The first kappa shape index (κ1) is 19.7. The summed E-state index contributed by atoms with van der Waals surface area (Å²) in [4.78, 5) is 24.5. The minimum atomic E-state index is -1.21. The van der Waals surface area contributed by atoms with Crippen LogP contribution in [0.2, 0.25) is 0 Å². The van der Waals surface area contributed by atoms with Crippen LogP contribution in [0.3, 0.4) is 0 Å². The standard InChI is InChI=1S/C19H27NO4/c1-5-19(13-12-15(3)4,17(21)23-6-2)20-18(22)24-14-16-10-8-7-9-11-16/h7-13,15H,5-6,14H2,1-4H3,(H,20,22)/b13-12+/t19-/m0/s1. The Bertz CT molecular complexity index is 554. The number of amides is 1. The van der Waals surface area contributed by atoms with E-state index in [1.165, 1.54) is 0 Å². The third-order valence-corrected chi connectivity index (χ3v) is 3.50. The van der Waals surface area contributed by atoms with Crippen LogP contribution in [0.5, 0.6) is 0 Å². The molecule has 0 spiro atoms. The summed E-state index contributed by atoms with van der Waals surface area (Å²) in [6.45, 7) is 7.93. The van der Waals surface area contributed by atoms with E-state index in [2.05, 4.69) is 5.32 Å². The van der Waals surface area contributed by atoms with Crippen LogP contribution in [0.4, 0.5) is 4.79 Å². The van der Waals surface area contributed by atoms with Crippen LogP contribution in [-0.4, -0.2) is 24.2 Å². The minimum absolute atomic E-state index is 0.142. The lowest BCUT2D eigenvalue weighted by atomic mass is 9.94. The molecule has 0 aromatic heterocycles. The van der Waals surface area contributed by atoms with Crippen molar-refractivity contribution in [3.05, 3.63) is 48.0 Å². The van der Waals surface area contributed by atoms with Gasteiger partial charge in [0, 0.05) is 0 Å². The average Bonchev–Trinajstić information content (AvgIpc) is 2.58. The molecule has 24 heavy (non-hydrogen) atoms. The van der Waals surface area contributed by atoms with Gasteiger partial charge in [-0.1, -0.05) is 63.3 Å². The molecule has 0 fully saturated rings. The Morgan fingerprint density at radius 3 is 2.38 bits per heavy atom. The molecule has 0 unspecified atom stereocenters. The number of nitrogens with one attached hydrogen (secondary N) is 1. The van der Waals surface area contributed by atoms with Crippen LogP contribution in [0.1, 0.15) is 39.7 Å². The van der Waals surface area contributed by atoms with Gasteiger partial charge < -0.3 is 14.8 Å². The fourth-order valence-electron chi connectivity index (χ4n) is 2.07. The highest BCUT2D eigenvalue weighted by molar-refractivity contribution is 5.88. The first-order valence-electron chi connectivity index (χ1n) is 8.29. The first-order chi connectivity index (χ1) is 11.4. The number of benzene rings is 1. The van der Waals surface area contributed by atoms with E-state index < -0.39 is 17.6 Å². The number of rotatable bonds is 8. The van der Waals surface area contributed by atoms with Crippen molar-refractivity contribution >= 4 is 12.1 Å². The van der Waals surface area contributed by atoms with Crippen LogP contribution in [0.15, 0.2) is 42.5 Å². The van der Waals surface area contributed by atoms with E-state index in [0.29, 0.717) is 6.42 Å². The predicted molar refractivity (Wildman–Crippen MR) is 93.4 cm³/mol. The Kier molecular flexibility index (Phi) is 8.02. The molecule has 1 aromatic carbocycles. The molecule has 0 heterocycles. The van der Waals surface area contributed by atoms with Crippen molar-refractivity contribution in [2.45, 2.75) is 46.3 Å². The second kappa shape index (κ2) is 9.75. The monoisotopic (exact) mass is 333 g/mol. The van der Waals surface area contributed by atoms with E-state index >= 15 is 0 Å². The second-order valence-corrected chi connectivity index (χ2v) is 5.84. The third kappa shape index (κ3) is 6.07. The molecule has 5 nitrogen and oxygen atoms in total. The lowest BCUT2D eigenvalue weighted by Crippen LogP contribution is -2.53. The molecule has 5 heteroatoms. The molecule has 0 aliphatic rings. The summed E-state index contributed by atoms with van der Waals surface area (Å²) < 4.78 is 10.4. The van der Waals surface area contributed by atoms with Gasteiger partial charge in [-0.15, -0.1) is 0 Å². The number of alkyl carbamates (subject to hydrolysis) is 1. The third-order valence-electron chi connectivity index (χ3n) is 3.50. The zero-order valence-corrected chi connectivity index (χ0v) is 14.9. The summed E-state index contributed by atoms with van der Waals surface area (Å²) >= 11 is 0. The van der Waals surface area contributed by atoms with Gasteiger partial charge in [-0.05, 0) is 24.8 Å². The highest BCUT2D eigenvalue weighted by Gasteiger charge is 2.38. The molecule has 0 aliphatic carbocycles. The average molecular weight is 333 g/mol. The van der Waals surface area contributed by atoms with E-state index in [1.54, 1.807) is 13.0 Å². The molecule has 1 amide bonds. The van der Waals surface area contributed by atoms with E-state index in [0.717, 1.165) is 5.56 Å². The number of carbonyl (C=O) groups is 2. The van der Waals surface area contributed by atoms with E-state index in [9.17, 15) is 9.59 Å². The molecule has 0 radical (unpaired) electrons. The summed E-state index contributed by atoms with van der Waals surface area (Å²) in [5, 5.41) is 2.67. The topological polar surface area (TPSA) is 64.6 Å². The molecule has 1 atom stereocenters. The van der Waals surface area contributed by atoms with E-state index in [1.807, 2.05) is 57.2 Å². The number of hydrogen-bond donors (Lipinski definition) is 1. The van der Waals surface area contributed by atoms with Gasteiger partial charge in [-0.25, -0.2) is 9.59 Å². The number of ether oxygens (including phenoxy) is 2. The fraction of sp³-hybridized carbons (Fsp3) is 0.474. The van der Waals surface area contributed by atoms with Gasteiger partial charge in [0.05, 0.1) is 6.61 Å². The highest BCUT2D eigenvalue weighted by Crippen LogP contribution is 2.17. The van der Waals surface area contributed by atoms with Crippen molar-refractivity contribution in [3.63, 3.8) is 0 Å². The minimum Gasteiger partial charge on any atom is -0.464 e. The molecular formula is C19H27NO4. The fourth-order valence-corrected chi connectivity index (χ4v) is 2.07. The molecule has 1 N–H and O–H groups in total. The molecule has 0 saturated heterocycles. The molecular weight excluding hydrogens is 306 g/mol. The Hall–Kier alpha value is -2.30. The molecule has 132 valence electrons. The smallest absolute Gasteiger partial charge is 0.408 e. The van der Waals surface area contributed by atoms with Crippen LogP contribution >= 0.6 is 0 Å². The first-order valence-corrected chi connectivity index (χ1v) is 8.29. The summed E-state index contributed by atoms with van der Waals surface area (Å²) in [5.41, 5.74) is -0.336. The Morgan fingerprint density at radius 2 is 1.83 bits per heavy atom. The maximum atomic E-state index is 12.4. The van der Waals surface area contributed by atoms with Gasteiger partial charge >= 0.3 is 12.1 Å². The highest BCUT2D eigenvalue weighted by atomic mass is 16.6. The van der Waals surface area contributed by atoms with Gasteiger partial charge in [0.15, 0.2) is 5.54 Å². The van der Waals surface area contributed by atoms with E-state index in [4.69, 9.17) is 9.47 Å². The quantitative estimate of drug-likeness (QED) is 0.580. The largest absolute Gasteiger partial charge is 0.464 e. The van der Waals surface area contributed by atoms with Crippen molar-refractivity contribution in [2.24, 2.45) is 5.92 Å². The lowest BCUT2D eigenvalue weighted by Gasteiger charge is -2.28. The van der Waals surface area contributed by atoms with Gasteiger partial charge in [0.25, 0.3) is 0 Å². The summed E-state index contributed by atoms with van der Waals surface area (Å²) in [6, 6.07) is 9.37. The van der Waals surface area contributed by atoms with Crippen LogP contribution in [0.25, 0.3) is 0 Å². The Balaban J connectivity index is 2.82.